The largest absolute Gasteiger partial charge is 0.497 e. The SMILES string of the molecule is COc1ccc(/C=C/C(=O)NO)c(OCc2ccc(C)cc2)c1. The molecular formula is C18H19NO4. The molecule has 2 N–H and O–H groups in total. The average Bonchev–Trinajstić information content (AvgIpc) is 2.59. The maximum Gasteiger partial charge on any atom is 0.267 e. The fraction of sp³-hybridized carbons (Fsp3) is 0.167. The van der Waals surface area contributed by atoms with Crippen LogP contribution in [-0.2, 0) is 11.4 Å². The zero-order valence-electron chi connectivity index (χ0n) is 13.1. The monoisotopic (exact) mass is 313 g/mol. The molecule has 5 nitrogen and oxygen atoms in total. The number of carbonyl (C=O) groups excluding carboxylic acids is 1. The molecule has 0 fully saturated rings. The average molecular weight is 313 g/mol. The number of hydrogen-bond donors (Lipinski definition) is 2. The molecule has 0 unspecified atom stereocenters. The van der Waals surface area contributed by atoms with Crippen molar-refractivity contribution < 1.29 is 19.5 Å². The number of hydrogen-bond acceptors (Lipinski definition) is 4. The van der Waals surface area contributed by atoms with Crippen LogP contribution < -0.4 is 15.0 Å². The molecule has 2 rings (SSSR count). The number of amides is 1. The summed E-state index contributed by atoms with van der Waals surface area (Å²) in [6.07, 6.45) is 2.79. The van der Waals surface area contributed by atoms with Crippen molar-refractivity contribution in [2.24, 2.45) is 0 Å². The van der Waals surface area contributed by atoms with E-state index in [0.29, 0.717) is 23.7 Å². The smallest absolute Gasteiger partial charge is 0.267 e. The quantitative estimate of drug-likeness (QED) is 0.488. The molecule has 2 aromatic carbocycles. The van der Waals surface area contributed by atoms with Gasteiger partial charge >= 0.3 is 0 Å². The van der Waals surface area contributed by atoms with Crippen LogP contribution in [0.5, 0.6) is 11.5 Å². The van der Waals surface area contributed by atoms with Gasteiger partial charge in [-0.3, -0.25) is 10.0 Å². The molecule has 5 heteroatoms. The van der Waals surface area contributed by atoms with E-state index in [1.54, 1.807) is 36.9 Å². The molecule has 1 amide bonds. The lowest BCUT2D eigenvalue weighted by Crippen LogP contribution is -2.14. The third-order valence-electron chi connectivity index (χ3n) is 3.26. The molecule has 0 saturated heterocycles. The predicted molar refractivity (Wildman–Crippen MR) is 87.5 cm³/mol. The van der Waals surface area contributed by atoms with E-state index in [9.17, 15) is 4.79 Å². The Bertz CT molecular complexity index is 693. The first kappa shape index (κ1) is 16.6. The molecule has 2 aromatic rings. The van der Waals surface area contributed by atoms with Gasteiger partial charge in [-0.15, -0.1) is 0 Å². The van der Waals surface area contributed by atoms with E-state index in [-0.39, 0.29) is 0 Å². The number of benzene rings is 2. The minimum absolute atomic E-state index is 0.403. The van der Waals surface area contributed by atoms with E-state index in [4.69, 9.17) is 14.7 Å². The summed E-state index contributed by atoms with van der Waals surface area (Å²) in [7, 11) is 1.58. The lowest BCUT2D eigenvalue weighted by molar-refractivity contribution is -0.124. The van der Waals surface area contributed by atoms with Gasteiger partial charge in [0, 0.05) is 17.7 Å². The van der Waals surface area contributed by atoms with Crippen molar-refractivity contribution in [2.75, 3.05) is 7.11 Å². The first-order valence-electron chi connectivity index (χ1n) is 7.11. The zero-order valence-corrected chi connectivity index (χ0v) is 13.1. The number of ether oxygens (including phenoxy) is 2. The fourth-order valence-corrected chi connectivity index (χ4v) is 1.95. The van der Waals surface area contributed by atoms with Crippen molar-refractivity contribution >= 4 is 12.0 Å². The van der Waals surface area contributed by atoms with Crippen molar-refractivity contribution in [3.05, 3.63) is 65.2 Å². The van der Waals surface area contributed by atoms with Crippen LogP contribution in [0.1, 0.15) is 16.7 Å². The van der Waals surface area contributed by atoms with Gasteiger partial charge < -0.3 is 9.47 Å². The summed E-state index contributed by atoms with van der Waals surface area (Å²) >= 11 is 0. The molecule has 0 aliphatic carbocycles. The first-order chi connectivity index (χ1) is 11.1. The highest BCUT2D eigenvalue weighted by Crippen LogP contribution is 2.27. The lowest BCUT2D eigenvalue weighted by Gasteiger charge is -2.11. The fourth-order valence-electron chi connectivity index (χ4n) is 1.95. The van der Waals surface area contributed by atoms with Gasteiger partial charge in [-0.2, -0.15) is 0 Å². The van der Waals surface area contributed by atoms with Crippen LogP contribution in [0.15, 0.2) is 48.5 Å². The van der Waals surface area contributed by atoms with Crippen LogP contribution in [0.3, 0.4) is 0 Å². The predicted octanol–water partition coefficient (Wildman–Crippen LogP) is 3.10. The summed E-state index contributed by atoms with van der Waals surface area (Å²) in [6, 6.07) is 13.4. The van der Waals surface area contributed by atoms with Gasteiger partial charge in [0.05, 0.1) is 7.11 Å². The van der Waals surface area contributed by atoms with Gasteiger partial charge in [0.2, 0.25) is 0 Å². The van der Waals surface area contributed by atoms with E-state index >= 15 is 0 Å². The van der Waals surface area contributed by atoms with Crippen LogP contribution in [-0.4, -0.2) is 18.2 Å². The Morgan fingerprint density at radius 3 is 2.61 bits per heavy atom. The Morgan fingerprint density at radius 2 is 1.96 bits per heavy atom. The molecule has 0 aliphatic heterocycles. The molecule has 0 atom stereocenters. The molecule has 0 saturated carbocycles. The van der Waals surface area contributed by atoms with Crippen LogP contribution in [0.4, 0.5) is 0 Å². The highest BCUT2D eigenvalue weighted by atomic mass is 16.5. The van der Waals surface area contributed by atoms with Crippen LogP contribution >= 0.6 is 0 Å². The molecule has 0 heterocycles. The number of hydroxylamine groups is 1. The van der Waals surface area contributed by atoms with Gasteiger partial charge in [-0.25, -0.2) is 5.48 Å². The van der Waals surface area contributed by atoms with Crippen molar-refractivity contribution in [3.8, 4) is 11.5 Å². The van der Waals surface area contributed by atoms with Crippen molar-refractivity contribution in [2.45, 2.75) is 13.5 Å². The van der Waals surface area contributed by atoms with E-state index in [0.717, 1.165) is 5.56 Å². The highest BCUT2D eigenvalue weighted by Gasteiger charge is 2.05. The number of methoxy groups -OCH3 is 1. The van der Waals surface area contributed by atoms with E-state index in [2.05, 4.69) is 0 Å². The minimum atomic E-state index is -0.606. The van der Waals surface area contributed by atoms with E-state index in [1.807, 2.05) is 31.2 Å². The van der Waals surface area contributed by atoms with Crippen LogP contribution in [0.2, 0.25) is 0 Å². The Labute approximate surface area is 135 Å². The second-order valence-electron chi connectivity index (χ2n) is 4.99. The van der Waals surface area contributed by atoms with Gasteiger partial charge in [0.25, 0.3) is 5.91 Å². The van der Waals surface area contributed by atoms with Gasteiger partial charge in [0.15, 0.2) is 0 Å². The van der Waals surface area contributed by atoms with Gasteiger partial charge in [-0.05, 0) is 30.7 Å². The third-order valence-corrected chi connectivity index (χ3v) is 3.26. The summed E-state index contributed by atoms with van der Waals surface area (Å²) in [4.78, 5) is 11.1. The second kappa shape index (κ2) is 8.00. The summed E-state index contributed by atoms with van der Waals surface area (Å²) in [5.74, 6) is 0.643. The Kier molecular flexibility index (Phi) is 5.77. The summed E-state index contributed by atoms with van der Waals surface area (Å²) in [5, 5.41) is 8.54. The van der Waals surface area contributed by atoms with Crippen molar-refractivity contribution in [3.63, 3.8) is 0 Å². The summed E-state index contributed by atoms with van der Waals surface area (Å²) in [5.41, 5.74) is 4.49. The Balaban J connectivity index is 2.18. The normalized spacial score (nSPS) is 10.6. The Morgan fingerprint density at radius 1 is 1.22 bits per heavy atom. The first-order valence-corrected chi connectivity index (χ1v) is 7.11. The van der Waals surface area contributed by atoms with E-state index < -0.39 is 5.91 Å². The Hall–Kier alpha value is -2.79. The molecule has 0 bridgehead atoms. The van der Waals surface area contributed by atoms with Gasteiger partial charge in [0.1, 0.15) is 18.1 Å². The zero-order chi connectivity index (χ0) is 16.7. The molecule has 0 aromatic heterocycles. The number of carbonyl (C=O) groups is 1. The van der Waals surface area contributed by atoms with Crippen LogP contribution in [0.25, 0.3) is 6.08 Å². The number of rotatable bonds is 6. The number of aryl methyl sites for hydroxylation is 1. The lowest BCUT2D eigenvalue weighted by atomic mass is 10.1. The van der Waals surface area contributed by atoms with Crippen molar-refractivity contribution in [1.82, 2.24) is 5.48 Å². The molecule has 23 heavy (non-hydrogen) atoms. The topological polar surface area (TPSA) is 67.8 Å². The maximum atomic E-state index is 11.1. The van der Waals surface area contributed by atoms with Crippen molar-refractivity contribution in [1.29, 1.82) is 0 Å². The summed E-state index contributed by atoms with van der Waals surface area (Å²) < 4.78 is 11.0. The van der Waals surface area contributed by atoms with Crippen LogP contribution in [0, 0.1) is 6.92 Å². The van der Waals surface area contributed by atoms with E-state index in [1.165, 1.54) is 11.6 Å². The molecule has 0 aliphatic rings. The summed E-state index contributed by atoms with van der Waals surface area (Å²) in [6.45, 7) is 2.43. The molecule has 120 valence electrons. The highest BCUT2D eigenvalue weighted by molar-refractivity contribution is 5.91. The molecular weight excluding hydrogens is 294 g/mol. The molecule has 0 spiro atoms. The molecule has 0 radical (unpaired) electrons. The van der Waals surface area contributed by atoms with Gasteiger partial charge in [-0.1, -0.05) is 29.8 Å². The standard InChI is InChI=1S/C18H19NO4/c1-13-3-5-14(6-4-13)12-23-17-11-16(22-2)9-7-15(17)8-10-18(20)19-21/h3-11,21H,12H2,1-2H3,(H,19,20)/b10-8+. The maximum absolute atomic E-state index is 11.1. The number of nitrogens with one attached hydrogen (secondary N) is 1. The minimum Gasteiger partial charge on any atom is -0.497 e. The third kappa shape index (κ3) is 4.86. The second-order valence-corrected chi connectivity index (χ2v) is 4.99.